The Bertz CT molecular complexity index is 1360. The minimum absolute atomic E-state index is 0.148. The Kier molecular flexibility index (Phi) is 5.13. The molecule has 0 unspecified atom stereocenters. The summed E-state index contributed by atoms with van der Waals surface area (Å²) in [7, 11) is -3.79. The first-order valence-electron chi connectivity index (χ1n) is 9.34. The lowest BCUT2D eigenvalue weighted by atomic mass is 10.1. The highest BCUT2D eigenvalue weighted by molar-refractivity contribution is 7.89. The van der Waals surface area contributed by atoms with E-state index in [2.05, 4.69) is 9.93 Å². The van der Waals surface area contributed by atoms with Gasteiger partial charge in [0.1, 0.15) is 5.82 Å². The molecule has 0 aliphatic rings. The zero-order chi connectivity index (χ0) is 21.3. The van der Waals surface area contributed by atoms with Crippen molar-refractivity contribution in [2.75, 3.05) is 0 Å². The van der Waals surface area contributed by atoms with Crippen molar-refractivity contribution in [1.82, 2.24) is 9.40 Å². The van der Waals surface area contributed by atoms with Crippen molar-refractivity contribution in [3.8, 4) is 5.69 Å². The van der Waals surface area contributed by atoms with E-state index in [1.54, 1.807) is 30.3 Å². The molecule has 152 valence electrons. The van der Waals surface area contributed by atoms with Gasteiger partial charge in [0.15, 0.2) is 0 Å². The van der Waals surface area contributed by atoms with Gasteiger partial charge in [-0.05, 0) is 67.1 Å². The summed E-state index contributed by atoms with van der Waals surface area (Å²) in [4.78, 5) is 2.42. The Morgan fingerprint density at radius 3 is 2.37 bits per heavy atom. The quantitative estimate of drug-likeness (QED) is 0.375. The topological polar surface area (TPSA) is 63.5 Å². The number of hydrazone groups is 1. The fourth-order valence-electron chi connectivity index (χ4n) is 3.46. The maximum atomic E-state index is 13.2. The number of hydrogen-bond donors (Lipinski definition) is 1. The number of aryl methyl sites for hydroxylation is 1. The predicted molar refractivity (Wildman–Crippen MR) is 117 cm³/mol. The molecular formula is C23H20FN3O2S. The number of hydrogen-bond acceptors (Lipinski definition) is 3. The summed E-state index contributed by atoms with van der Waals surface area (Å²) < 4.78 is 40.4. The molecule has 0 aliphatic heterocycles. The van der Waals surface area contributed by atoms with Gasteiger partial charge in [0, 0.05) is 22.6 Å². The SMILES string of the molecule is Cc1cc(C=NNS(=O)(=O)c2ccc3ccccc3c2)c(C)n1-c1ccc(F)cc1. The summed E-state index contributed by atoms with van der Waals surface area (Å²) in [6.45, 7) is 3.82. The summed E-state index contributed by atoms with van der Waals surface area (Å²) in [5.41, 5.74) is 3.38. The smallest absolute Gasteiger partial charge is 0.276 e. The van der Waals surface area contributed by atoms with Gasteiger partial charge < -0.3 is 4.57 Å². The van der Waals surface area contributed by atoms with Crippen LogP contribution >= 0.6 is 0 Å². The fraction of sp³-hybridized carbons (Fsp3) is 0.0870. The molecule has 0 atom stereocenters. The minimum Gasteiger partial charge on any atom is -0.318 e. The number of rotatable bonds is 5. The molecule has 0 amide bonds. The summed E-state index contributed by atoms with van der Waals surface area (Å²) >= 11 is 0. The van der Waals surface area contributed by atoms with Crippen LogP contribution in [0.25, 0.3) is 16.5 Å². The van der Waals surface area contributed by atoms with Crippen LogP contribution in [0.4, 0.5) is 4.39 Å². The summed E-state index contributed by atoms with van der Waals surface area (Å²) in [6, 6.07) is 20.6. The van der Waals surface area contributed by atoms with Gasteiger partial charge in [-0.3, -0.25) is 0 Å². The van der Waals surface area contributed by atoms with Gasteiger partial charge in [0.05, 0.1) is 11.1 Å². The Balaban J connectivity index is 1.58. The summed E-state index contributed by atoms with van der Waals surface area (Å²) in [5.74, 6) is -0.300. The van der Waals surface area contributed by atoms with Crippen LogP contribution < -0.4 is 4.83 Å². The molecule has 4 rings (SSSR count). The lowest BCUT2D eigenvalue weighted by Gasteiger charge is -2.09. The minimum atomic E-state index is -3.79. The predicted octanol–water partition coefficient (Wildman–Crippen LogP) is 4.70. The number of fused-ring (bicyclic) bond motifs is 1. The number of nitrogens with zero attached hydrogens (tertiary/aromatic N) is 2. The second-order valence-corrected chi connectivity index (χ2v) is 8.66. The van der Waals surface area contributed by atoms with E-state index < -0.39 is 10.0 Å². The Morgan fingerprint density at radius 2 is 1.63 bits per heavy atom. The van der Waals surface area contributed by atoms with E-state index in [-0.39, 0.29) is 10.7 Å². The molecule has 3 aromatic carbocycles. The molecular weight excluding hydrogens is 401 g/mol. The largest absolute Gasteiger partial charge is 0.318 e. The standard InChI is InChI=1S/C23H20FN3O2S/c1-16-13-20(17(2)27(16)22-10-8-21(24)9-11-22)15-25-26-30(28,29)23-12-7-18-5-3-4-6-19(18)14-23/h3-15,26H,1-2H3. The van der Waals surface area contributed by atoms with E-state index in [1.165, 1.54) is 18.3 Å². The molecule has 1 aromatic heterocycles. The maximum Gasteiger partial charge on any atom is 0.276 e. The Labute approximate surface area is 174 Å². The Hall–Kier alpha value is -3.45. The van der Waals surface area contributed by atoms with Crippen molar-refractivity contribution < 1.29 is 12.8 Å². The second-order valence-electron chi connectivity index (χ2n) is 7.00. The molecule has 7 heteroatoms. The van der Waals surface area contributed by atoms with Crippen molar-refractivity contribution in [3.63, 3.8) is 0 Å². The van der Waals surface area contributed by atoms with Gasteiger partial charge in [-0.25, -0.2) is 9.22 Å². The van der Waals surface area contributed by atoms with Crippen LogP contribution in [0.15, 0.2) is 82.8 Å². The van der Waals surface area contributed by atoms with Crippen LogP contribution in [-0.4, -0.2) is 19.2 Å². The van der Waals surface area contributed by atoms with Gasteiger partial charge in [-0.15, -0.1) is 0 Å². The van der Waals surface area contributed by atoms with Gasteiger partial charge in [-0.2, -0.15) is 13.5 Å². The van der Waals surface area contributed by atoms with Crippen molar-refractivity contribution >= 4 is 27.0 Å². The number of sulfonamides is 1. The van der Waals surface area contributed by atoms with E-state index in [0.717, 1.165) is 33.4 Å². The van der Waals surface area contributed by atoms with Gasteiger partial charge in [-0.1, -0.05) is 30.3 Å². The van der Waals surface area contributed by atoms with Gasteiger partial charge >= 0.3 is 0 Å². The van der Waals surface area contributed by atoms with E-state index in [0.29, 0.717) is 0 Å². The molecule has 1 heterocycles. The highest BCUT2D eigenvalue weighted by Crippen LogP contribution is 2.21. The van der Waals surface area contributed by atoms with Crippen LogP contribution in [0.2, 0.25) is 0 Å². The van der Waals surface area contributed by atoms with Gasteiger partial charge in [0.2, 0.25) is 0 Å². The van der Waals surface area contributed by atoms with E-state index in [1.807, 2.05) is 48.7 Å². The zero-order valence-corrected chi connectivity index (χ0v) is 17.3. The molecule has 0 saturated carbocycles. The first kappa shape index (κ1) is 19.8. The number of benzene rings is 3. The fourth-order valence-corrected chi connectivity index (χ4v) is 4.28. The van der Waals surface area contributed by atoms with Crippen LogP contribution in [0.5, 0.6) is 0 Å². The highest BCUT2D eigenvalue weighted by atomic mass is 32.2. The van der Waals surface area contributed by atoms with Crippen molar-refractivity contribution in [2.24, 2.45) is 5.10 Å². The molecule has 1 N–H and O–H groups in total. The monoisotopic (exact) mass is 421 g/mol. The molecule has 0 radical (unpaired) electrons. The summed E-state index contributed by atoms with van der Waals surface area (Å²) in [6.07, 6.45) is 1.47. The first-order valence-corrected chi connectivity index (χ1v) is 10.8. The maximum absolute atomic E-state index is 13.2. The number of nitrogens with one attached hydrogen (secondary N) is 1. The van der Waals surface area contributed by atoms with Crippen molar-refractivity contribution in [2.45, 2.75) is 18.7 Å². The van der Waals surface area contributed by atoms with Crippen molar-refractivity contribution in [1.29, 1.82) is 0 Å². The number of aromatic nitrogens is 1. The van der Waals surface area contributed by atoms with E-state index in [9.17, 15) is 12.8 Å². The molecule has 0 spiro atoms. The van der Waals surface area contributed by atoms with Crippen LogP contribution in [0.1, 0.15) is 17.0 Å². The number of halogens is 1. The van der Waals surface area contributed by atoms with E-state index in [4.69, 9.17) is 0 Å². The molecule has 4 aromatic rings. The second kappa shape index (κ2) is 7.76. The van der Waals surface area contributed by atoms with Crippen LogP contribution in [0.3, 0.4) is 0 Å². The molecule has 0 fully saturated rings. The molecule has 0 aliphatic carbocycles. The highest BCUT2D eigenvalue weighted by Gasteiger charge is 2.14. The van der Waals surface area contributed by atoms with Gasteiger partial charge in [0.25, 0.3) is 10.0 Å². The third-order valence-corrected chi connectivity index (χ3v) is 6.18. The van der Waals surface area contributed by atoms with E-state index >= 15 is 0 Å². The van der Waals surface area contributed by atoms with Crippen LogP contribution in [-0.2, 0) is 10.0 Å². The lowest BCUT2D eigenvalue weighted by Crippen LogP contribution is -2.18. The molecule has 0 bridgehead atoms. The molecule has 0 saturated heterocycles. The normalized spacial score (nSPS) is 12.0. The van der Waals surface area contributed by atoms with Crippen molar-refractivity contribution in [3.05, 3.63) is 95.6 Å². The van der Waals surface area contributed by atoms with Crippen LogP contribution in [0, 0.1) is 19.7 Å². The Morgan fingerprint density at radius 1 is 0.933 bits per heavy atom. The molecule has 5 nitrogen and oxygen atoms in total. The average Bonchev–Trinajstić information content (AvgIpc) is 3.01. The molecule has 30 heavy (non-hydrogen) atoms. The third-order valence-electron chi connectivity index (χ3n) is 4.96. The average molecular weight is 421 g/mol. The summed E-state index contributed by atoms with van der Waals surface area (Å²) in [5, 5.41) is 5.76. The lowest BCUT2D eigenvalue weighted by molar-refractivity contribution is 0.585. The third kappa shape index (κ3) is 3.84. The zero-order valence-electron chi connectivity index (χ0n) is 16.5. The first-order chi connectivity index (χ1) is 14.3.